The standard InChI is InChI=1S/C14H25NO4/c1-10(2)9-13(3,4)11(16)15-7-5-14(19,6-8-15)12(17)18/h10,19H,5-9H2,1-4H3,(H,17,18). The van der Waals surface area contributed by atoms with Gasteiger partial charge in [-0.2, -0.15) is 0 Å². The number of aliphatic hydroxyl groups is 1. The normalized spacial score (nSPS) is 19.6. The summed E-state index contributed by atoms with van der Waals surface area (Å²) in [4.78, 5) is 25.1. The molecule has 0 aromatic heterocycles. The highest BCUT2D eigenvalue weighted by Gasteiger charge is 2.42. The molecule has 1 aliphatic heterocycles. The Labute approximate surface area is 114 Å². The molecule has 0 radical (unpaired) electrons. The second-order valence-electron chi connectivity index (χ2n) is 6.61. The molecule has 1 aliphatic rings. The van der Waals surface area contributed by atoms with Crippen LogP contribution in [0.2, 0.25) is 0 Å². The number of amides is 1. The summed E-state index contributed by atoms with van der Waals surface area (Å²) in [5.74, 6) is -0.714. The Kier molecular flexibility index (Phi) is 4.61. The highest BCUT2D eigenvalue weighted by atomic mass is 16.4. The van der Waals surface area contributed by atoms with Gasteiger partial charge in [0, 0.05) is 31.3 Å². The molecule has 1 rings (SSSR count). The first-order valence-electron chi connectivity index (χ1n) is 6.84. The smallest absolute Gasteiger partial charge is 0.335 e. The van der Waals surface area contributed by atoms with E-state index in [9.17, 15) is 14.7 Å². The van der Waals surface area contributed by atoms with Crippen LogP contribution in [0, 0.1) is 11.3 Å². The van der Waals surface area contributed by atoms with Crippen LogP contribution in [-0.2, 0) is 9.59 Å². The van der Waals surface area contributed by atoms with Gasteiger partial charge >= 0.3 is 5.97 Å². The maximum atomic E-state index is 12.4. The van der Waals surface area contributed by atoms with Crippen LogP contribution in [0.25, 0.3) is 0 Å². The molecule has 5 heteroatoms. The van der Waals surface area contributed by atoms with Crippen LogP contribution in [0.15, 0.2) is 0 Å². The lowest BCUT2D eigenvalue weighted by atomic mass is 9.81. The monoisotopic (exact) mass is 271 g/mol. The van der Waals surface area contributed by atoms with Gasteiger partial charge in [0.05, 0.1) is 0 Å². The van der Waals surface area contributed by atoms with Gasteiger partial charge < -0.3 is 15.1 Å². The van der Waals surface area contributed by atoms with Crippen molar-refractivity contribution < 1.29 is 19.8 Å². The minimum atomic E-state index is -1.67. The fraction of sp³-hybridized carbons (Fsp3) is 0.857. The lowest BCUT2D eigenvalue weighted by Crippen LogP contribution is -2.53. The Morgan fingerprint density at radius 2 is 1.74 bits per heavy atom. The number of carbonyl (C=O) groups is 2. The second-order valence-corrected chi connectivity index (χ2v) is 6.61. The van der Waals surface area contributed by atoms with Crippen LogP contribution >= 0.6 is 0 Å². The summed E-state index contributed by atoms with van der Waals surface area (Å²) in [6.45, 7) is 8.62. The van der Waals surface area contributed by atoms with E-state index in [0.29, 0.717) is 19.0 Å². The summed E-state index contributed by atoms with van der Waals surface area (Å²) in [5, 5.41) is 18.8. The molecule has 1 fully saturated rings. The van der Waals surface area contributed by atoms with Crippen LogP contribution in [-0.4, -0.2) is 45.7 Å². The molecule has 2 N–H and O–H groups in total. The van der Waals surface area contributed by atoms with Gasteiger partial charge in [-0.15, -0.1) is 0 Å². The minimum absolute atomic E-state index is 0.0497. The number of carbonyl (C=O) groups excluding carboxylic acids is 1. The number of aliphatic carboxylic acids is 1. The number of rotatable bonds is 4. The molecular weight excluding hydrogens is 246 g/mol. The van der Waals surface area contributed by atoms with Gasteiger partial charge in [0.1, 0.15) is 0 Å². The summed E-state index contributed by atoms with van der Waals surface area (Å²) in [5.41, 5.74) is -2.11. The van der Waals surface area contributed by atoms with Crippen molar-refractivity contribution in [2.75, 3.05) is 13.1 Å². The van der Waals surface area contributed by atoms with Crippen molar-refractivity contribution in [2.24, 2.45) is 11.3 Å². The van der Waals surface area contributed by atoms with E-state index in [2.05, 4.69) is 13.8 Å². The average molecular weight is 271 g/mol. The zero-order chi connectivity index (χ0) is 14.8. The first-order chi connectivity index (χ1) is 8.58. The van der Waals surface area contributed by atoms with E-state index in [1.165, 1.54) is 0 Å². The molecule has 0 unspecified atom stereocenters. The van der Waals surface area contributed by atoms with Crippen molar-refractivity contribution in [3.05, 3.63) is 0 Å². The molecule has 0 atom stereocenters. The summed E-state index contributed by atoms with van der Waals surface area (Å²) in [6.07, 6.45) is 1.00. The molecule has 0 aliphatic carbocycles. The number of likely N-dealkylation sites (tertiary alicyclic amines) is 1. The van der Waals surface area contributed by atoms with E-state index in [4.69, 9.17) is 5.11 Å². The molecule has 0 aromatic carbocycles. The van der Waals surface area contributed by atoms with Crippen molar-refractivity contribution >= 4 is 11.9 Å². The zero-order valence-electron chi connectivity index (χ0n) is 12.3. The number of piperidine rings is 1. The number of carboxylic acid groups (broad SMARTS) is 1. The van der Waals surface area contributed by atoms with E-state index < -0.39 is 17.0 Å². The third kappa shape index (κ3) is 3.69. The molecule has 19 heavy (non-hydrogen) atoms. The maximum Gasteiger partial charge on any atom is 0.335 e. The van der Waals surface area contributed by atoms with Crippen molar-refractivity contribution in [2.45, 2.75) is 52.6 Å². The van der Waals surface area contributed by atoms with Gasteiger partial charge in [0.2, 0.25) is 5.91 Å². The summed E-state index contributed by atoms with van der Waals surface area (Å²) < 4.78 is 0. The first kappa shape index (κ1) is 16.0. The molecule has 0 bridgehead atoms. The molecule has 110 valence electrons. The highest BCUT2D eigenvalue weighted by molar-refractivity contribution is 5.83. The average Bonchev–Trinajstić information content (AvgIpc) is 2.27. The first-order valence-corrected chi connectivity index (χ1v) is 6.84. The topological polar surface area (TPSA) is 77.8 Å². The van der Waals surface area contributed by atoms with Gasteiger partial charge in [-0.25, -0.2) is 4.79 Å². The summed E-state index contributed by atoms with van der Waals surface area (Å²) in [6, 6.07) is 0. The third-order valence-corrected chi connectivity index (χ3v) is 3.77. The van der Waals surface area contributed by atoms with E-state index >= 15 is 0 Å². The number of hydrogen-bond donors (Lipinski definition) is 2. The van der Waals surface area contributed by atoms with Crippen LogP contribution in [0.3, 0.4) is 0 Å². The van der Waals surface area contributed by atoms with Gasteiger partial charge in [0.25, 0.3) is 0 Å². The van der Waals surface area contributed by atoms with Crippen molar-refractivity contribution in [1.29, 1.82) is 0 Å². The van der Waals surface area contributed by atoms with E-state index in [0.717, 1.165) is 6.42 Å². The minimum Gasteiger partial charge on any atom is -0.479 e. The predicted octanol–water partition coefficient (Wildman–Crippen LogP) is 1.50. The Morgan fingerprint density at radius 1 is 1.26 bits per heavy atom. The lowest BCUT2D eigenvalue weighted by Gasteiger charge is -2.39. The zero-order valence-corrected chi connectivity index (χ0v) is 12.3. The van der Waals surface area contributed by atoms with Gasteiger partial charge in [-0.3, -0.25) is 4.79 Å². The summed E-state index contributed by atoms with van der Waals surface area (Å²) in [7, 11) is 0. The largest absolute Gasteiger partial charge is 0.479 e. The van der Waals surface area contributed by atoms with Gasteiger partial charge in [0.15, 0.2) is 5.60 Å². The molecule has 5 nitrogen and oxygen atoms in total. The molecule has 0 saturated carbocycles. The number of carboxylic acids is 1. The van der Waals surface area contributed by atoms with Crippen LogP contribution in [0.5, 0.6) is 0 Å². The second kappa shape index (κ2) is 5.49. The fourth-order valence-corrected chi connectivity index (χ4v) is 2.83. The van der Waals surface area contributed by atoms with E-state index in [1.54, 1.807) is 4.90 Å². The van der Waals surface area contributed by atoms with Crippen molar-refractivity contribution in [1.82, 2.24) is 4.90 Å². The molecule has 1 saturated heterocycles. The van der Waals surface area contributed by atoms with Crippen molar-refractivity contribution in [3.8, 4) is 0 Å². The SMILES string of the molecule is CC(C)CC(C)(C)C(=O)N1CCC(O)(C(=O)O)CC1. The Balaban J connectivity index is 2.65. The molecule has 1 amide bonds. The predicted molar refractivity (Wildman–Crippen MR) is 71.6 cm³/mol. The molecular formula is C14H25NO4. The summed E-state index contributed by atoms with van der Waals surface area (Å²) >= 11 is 0. The molecule has 1 heterocycles. The Morgan fingerprint density at radius 3 is 2.11 bits per heavy atom. The Bertz CT molecular complexity index is 354. The molecule has 0 spiro atoms. The maximum absolute atomic E-state index is 12.4. The lowest BCUT2D eigenvalue weighted by molar-refractivity contribution is -0.166. The number of hydrogen-bond acceptors (Lipinski definition) is 3. The third-order valence-electron chi connectivity index (χ3n) is 3.77. The van der Waals surface area contributed by atoms with Gasteiger partial charge in [-0.05, 0) is 12.3 Å². The Hall–Kier alpha value is -1.10. The fourth-order valence-electron chi connectivity index (χ4n) is 2.83. The molecule has 0 aromatic rings. The van der Waals surface area contributed by atoms with Crippen LogP contribution in [0.1, 0.15) is 47.0 Å². The highest BCUT2D eigenvalue weighted by Crippen LogP contribution is 2.31. The van der Waals surface area contributed by atoms with Gasteiger partial charge in [-0.1, -0.05) is 27.7 Å². The van der Waals surface area contributed by atoms with Crippen LogP contribution in [0.4, 0.5) is 0 Å². The van der Waals surface area contributed by atoms with E-state index in [-0.39, 0.29) is 18.7 Å². The van der Waals surface area contributed by atoms with Crippen molar-refractivity contribution in [3.63, 3.8) is 0 Å². The van der Waals surface area contributed by atoms with E-state index in [1.807, 2.05) is 13.8 Å². The van der Waals surface area contributed by atoms with Crippen LogP contribution < -0.4 is 0 Å². The quantitative estimate of drug-likeness (QED) is 0.812. The number of nitrogens with zero attached hydrogens (tertiary/aromatic N) is 1.